The first kappa shape index (κ1) is 28.8. The predicted octanol–water partition coefficient (Wildman–Crippen LogP) is 6.14. The third-order valence-electron chi connectivity index (χ3n) is 11.5. The lowest BCUT2D eigenvalue weighted by Crippen LogP contribution is -2.65. The Labute approximate surface area is 227 Å². The smallest absolute Gasteiger partial charge is 0.331 e. The molecule has 0 heterocycles. The number of hydrogen-bond donors (Lipinski definition) is 3. The Morgan fingerprint density at radius 2 is 1.82 bits per heavy atom. The molecule has 9 atom stereocenters. The molecule has 0 aromatic heterocycles. The number of aliphatic carboxylic acids is 1. The lowest BCUT2D eigenvalue weighted by molar-refractivity contribution is -0.218. The van der Waals surface area contributed by atoms with Crippen LogP contribution in [0.25, 0.3) is 0 Å². The van der Waals surface area contributed by atoms with Crippen LogP contribution in [0.1, 0.15) is 99.8 Å². The number of aliphatic hydroxyl groups is 1. The van der Waals surface area contributed by atoms with Crippen LogP contribution in [-0.2, 0) is 14.3 Å². The summed E-state index contributed by atoms with van der Waals surface area (Å²) < 4.78 is 5.88. The van der Waals surface area contributed by atoms with Crippen LogP contribution in [0.5, 0.6) is 0 Å². The quantitative estimate of drug-likeness (QED) is 0.130. The van der Waals surface area contributed by atoms with E-state index in [1.807, 2.05) is 19.9 Å². The van der Waals surface area contributed by atoms with Gasteiger partial charge < -0.3 is 20.2 Å². The average molecular weight is 530 g/mol. The maximum absolute atomic E-state index is 12.6. The molecule has 0 saturated heterocycles. The van der Waals surface area contributed by atoms with E-state index in [-0.39, 0.29) is 34.0 Å². The lowest BCUT2D eigenvalue weighted by atomic mass is 9.36. The molecule has 4 saturated carbocycles. The molecule has 212 valence electrons. The summed E-state index contributed by atoms with van der Waals surface area (Å²) in [5.74, 6) is -1.04. The van der Waals surface area contributed by atoms with E-state index < -0.39 is 24.1 Å². The van der Waals surface area contributed by atoms with E-state index in [0.717, 1.165) is 42.5 Å². The molecule has 0 aromatic rings. The molecule has 4 fully saturated rings. The molecule has 0 radical (unpaired) electrons. The highest BCUT2D eigenvalue weighted by atomic mass is 16.5. The second-order valence-electron chi connectivity index (χ2n) is 13.6. The van der Waals surface area contributed by atoms with Crippen molar-refractivity contribution in [2.45, 2.75) is 112 Å². The summed E-state index contributed by atoms with van der Waals surface area (Å²) >= 11 is 0. The van der Waals surface area contributed by atoms with Crippen molar-refractivity contribution in [2.24, 2.45) is 45.1 Å². The maximum atomic E-state index is 12.6. The number of hydrogen-bond acceptors (Lipinski definition) is 6. The zero-order valence-electron chi connectivity index (χ0n) is 24.2. The lowest BCUT2D eigenvalue weighted by Gasteiger charge is -2.68. The molecule has 4 aliphatic rings. The summed E-state index contributed by atoms with van der Waals surface area (Å²) in [6, 6.07) is 0. The van der Waals surface area contributed by atoms with Crippen LogP contribution < -0.4 is 0 Å². The fourth-order valence-corrected chi connectivity index (χ4v) is 9.76. The van der Waals surface area contributed by atoms with E-state index in [0.29, 0.717) is 37.2 Å². The number of ether oxygens (including phenoxy) is 1. The minimum absolute atomic E-state index is 0.0222. The summed E-state index contributed by atoms with van der Waals surface area (Å²) in [7, 11) is 0. The number of esters is 1. The van der Waals surface area contributed by atoms with Gasteiger partial charge in [0.15, 0.2) is 0 Å². The van der Waals surface area contributed by atoms with Crippen LogP contribution in [-0.4, -0.2) is 45.3 Å². The molecule has 1 unspecified atom stereocenters. The van der Waals surface area contributed by atoms with E-state index in [1.165, 1.54) is 6.92 Å². The standard InChI is InChI=1S/C31H47NO6/c1-17(2)9-8-10-20(28(35)36)26-22-15-24(34)27-29(5)13-12-23(32-37)18(3)21(29)11-14-30(27,6)31(22,7)16-25(26)38-19(4)33/h9,18,21-22,24-25,27,34,37H,8,10-16H2,1-7H3,(H,35,36)/b26-20-,32-23?/t18-,21-,22-,24+,25-,27?,29-,30-,31-/m0/s1. The van der Waals surface area contributed by atoms with Crippen LogP contribution in [0.15, 0.2) is 28.0 Å². The van der Waals surface area contributed by atoms with Crippen molar-refractivity contribution in [1.82, 2.24) is 0 Å². The number of nitrogens with zero attached hydrogens (tertiary/aromatic N) is 1. The van der Waals surface area contributed by atoms with Crippen LogP contribution in [0.2, 0.25) is 0 Å². The van der Waals surface area contributed by atoms with Gasteiger partial charge in [-0.15, -0.1) is 0 Å². The molecule has 0 bridgehead atoms. The Bertz CT molecular complexity index is 1070. The van der Waals surface area contributed by atoms with Gasteiger partial charge in [0, 0.05) is 18.4 Å². The molecule has 4 rings (SSSR count). The number of carbonyl (C=O) groups is 2. The van der Waals surface area contributed by atoms with Crippen LogP contribution in [0, 0.1) is 39.9 Å². The molecule has 7 nitrogen and oxygen atoms in total. The Morgan fingerprint density at radius 3 is 2.39 bits per heavy atom. The van der Waals surface area contributed by atoms with Crippen LogP contribution in [0.4, 0.5) is 0 Å². The maximum Gasteiger partial charge on any atom is 0.331 e. The van der Waals surface area contributed by atoms with Gasteiger partial charge in [-0.25, -0.2) is 4.79 Å². The Morgan fingerprint density at radius 1 is 1.13 bits per heavy atom. The molecule has 7 heteroatoms. The topological polar surface area (TPSA) is 116 Å². The van der Waals surface area contributed by atoms with Gasteiger partial charge in [-0.3, -0.25) is 4.79 Å². The van der Waals surface area contributed by atoms with Gasteiger partial charge in [-0.2, -0.15) is 0 Å². The molecule has 0 spiro atoms. The van der Waals surface area contributed by atoms with Gasteiger partial charge in [0.1, 0.15) is 6.10 Å². The first-order valence-electron chi connectivity index (χ1n) is 14.4. The molecular weight excluding hydrogens is 482 g/mol. The molecular formula is C31H47NO6. The molecule has 38 heavy (non-hydrogen) atoms. The summed E-state index contributed by atoms with van der Waals surface area (Å²) in [5, 5.41) is 35.5. The third kappa shape index (κ3) is 4.33. The second kappa shape index (κ2) is 10.1. The Hall–Kier alpha value is -2.15. The summed E-state index contributed by atoms with van der Waals surface area (Å²) in [5.41, 5.74) is 2.33. The number of carboxylic acids is 1. The zero-order valence-corrected chi connectivity index (χ0v) is 24.2. The first-order valence-corrected chi connectivity index (χ1v) is 14.4. The molecule has 3 N–H and O–H groups in total. The average Bonchev–Trinajstić information content (AvgIpc) is 3.08. The second-order valence-corrected chi connectivity index (χ2v) is 13.6. The minimum atomic E-state index is -0.960. The van der Waals surface area contributed by atoms with Crippen molar-refractivity contribution in [3.05, 3.63) is 22.8 Å². The minimum Gasteiger partial charge on any atom is -0.478 e. The first-order chi connectivity index (χ1) is 17.7. The molecule has 0 amide bonds. The van der Waals surface area contributed by atoms with Crippen molar-refractivity contribution < 1.29 is 29.7 Å². The molecule has 0 aromatic carbocycles. The number of oxime groups is 1. The van der Waals surface area contributed by atoms with Crippen molar-refractivity contribution >= 4 is 17.7 Å². The summed E-state index contributed by atoms with van der Waals surface area (Å²) in [4.78, 5) is 24.9. The Balaban J connectivity index is 1.82. The number of carbonyl (C=O) groups excluding carboxylic acids is 1. The fraction of sp³-hybridized carbons (Fsp3) is 0.774. The van der Waals surface area contributed by atoms with Gasteiger partial charge in [0.05, 0.1) is 11.8 Å². The SMILES string of the molecule is CC(=O)O[C@H]1C[C@@]2(C)[C@@H](C[C@@H](O)C3[C@]2(C)CC[C@H]2[C@H](C)C(=NO)CC[C@]32C)/C1=C(\CCC=C(C)C)C(=O)O. The fourth-order valence-electron chi connectivity index (χ4n) is 9.76. The third-order valence-corrected chi connectivity index (χ3v) is 11.5. The normalized spacial score (nSPS) is 44.5. The van der Waals surface area contributed by atoms with Gasteiger partial charge >= 0.3 is 11.9 Å². The van der Waals surface area contributed by atoms with E-state index in [9.17, 15) is 25.0 Å². The van der Waals surface area contributed by atoms with Crippen LogP contribution >= 0.6 is 0 Å². The van der Waals surface area contributed by atoms with Gasteiger partial charge in [0.25, 0.3) is 0 Å². The van der Waals surface area contributed by atoms with Crippen LogP contribution in [0.3, 0.4) is 0 Å². The van der Waals surface area contributed by atoms with Crippen molar-refractivity contribution in [3.8, 4) is 0 Å². The van der Waals surface area contributed by atoms with Crippen molar-refractivity contribution in [2.75, 3.05) is 0 Å². The van der Waals surface area contributed by atoms with E-state index in [4.69, 9.17) is 4.74 Å². The number of aliphatic hydroxyl groups excluding tert-OH is 1. The van der Waals surface area contributed by atoms with Crippen molar-refractivity contribution in [1.29, 1.82) is 0 Å². The van der Waals surface area contributed by atoms with Gasteiger partial charge in [-0.1, -0.05) is 44.5 Å². The highest BCUT2D eigenvalue weighted by Gasteiger charge is 2.70. The number of rotatable bonds is 5. The highest BCUT2D eigenvalue weighted by molar-refractivity contribution is 5.88. The zero-order chi connectivity index (χ0) is 28.2. The highest BCUT2D eigenvalue weighted by Crippen LogP contribution is 2.74. The van der Waals surface area contributed by atoms with E-state index >= 15 is 0 Å². The largest absolute Gasteiger partial charge is 0.478 e. The Kier molecular flexibility index (Phi) is 7.67. The number of fused-ring (bicyclic) bond motifs is 5. The molecule has 4 aliphatic carbocycles. The van der Waals surface area contributed by atoms with Gasteiger partial charge in [-0.05, 0) is 105 Å². The molecule has 0 aliphatic heterocycles. The number of carboxylic acid groups (broad SMARTS) is 1. The summed E-state index contributed by atoms with van der Waals surface area (Å²) in [6.45, 7) is 14.4. The monoisotopic (exact) mass is 529 g/mol. The van der Waals surface area contributed by atoms with E-state index in [1.54, 1.807) is 0 Å². The number of allylic oxidation sites excluding steroid dienone is 2. The van der Waals surface area contributed by atoms with Gasteiger partial charge in [0.2, 0.25) is 0 Å². The van der Waals surface area contributed by atoms with E-state index in [2.05, 4.69) is 32.9 Å². The summed E-state index contributed by atoms with van der Waals surface area (Å²) in [6.07, 6.45) is 6.33. The van der Waals surface area contributed by atoms with Crippen molar-refractivity contribution in [3.63, 3.8) is 0 Å². The predicted molar refractivity (Wildman–Crippen MR) is 146 cm³/mol.